The first-order valence-electron chi connectivity index (χ1n) is 6.90. The van der Waals surface area contributed by atoms with Gasteiger partial charge in [0.25, 0.3) is 5.69 Å². The van der Waals surface area contributed by atoms with Gasteiger partial charge in [-0.15, -0.1) is 0 Å². The van der Waals surface area contributed by atoms with Gasteiger partial charge in [-0.25, -0.2) is 4.68 Å². The number of benzene rings is 2. The van der Waals surface area contributed by atoms with Crippen molar-refractivity contribution in [1.29, 1.82) is 5.26 Å². The van der Waals surface area contributed by atoms with E-state index < -0.39 is 4.92 Å². The number of nitrogens with zero attached hydrogens (tertiary/aromatic N) is 4. The van der Waals surface area contributed by atoms with Crippen LogP contribution in [0.15, 0.2) is 54.6 Å². The van der Waals surface area contributed by atoms with Crippen LogP contribution in [-0.4, -0.2) is 14.7 Å². The zero-order valence-electron chi connectivity index (χ0n) is 12.3. The summed E-state index contributed by atoms with van der Waals surface area (Å²) in [5, 5.41) is 24.1. The molecule has 0 spiro atoms. The Hall–Kier alpha value is -3.46. The van der Waals surface area contributed by atoms with Gasteiger partial charge in [-0.1, -0.05) is 29.8 Å². The molecule has 6 heteroatoms. The van der Waals surface area contributed by atoms with Crippen LogP contribution in [0.5, 0.6) is 0 Å². The minimum Gasteiger partial charge on any atom is -0.258 e. The Morgan fingerprint density at radius 1 is 1.13 bits per heavy atom. The highest BCUT2D eigenvalue weighted by Crippen LogP contribution is 2.25. The van der Waals surface area contributed by atoms with Gasteiger partial charge in [-0.2, -0.15) is 10.4 Å². The number of aromatic nitrogens is 2. The zero-order chi connectivity index (χ0) is 16.4. The van der Waals surface area contributed by atoms with Crippen LogP contribution in [0.25, 0.3) is 16.9 Å². The number of non-ortho nitro benzene ring substituents is 1. The highest BCUT2D eigenvalue weighted by Gasteiger charge is 2.13. The largest absolute Gasteiger partial charge is 0.269 e. The molecule has 0 unspecified atom stereocenters. The van der Waals surface area contributed by atoms with Crippen LogP contribution in [-0.2, 0) is 0 Å². The molecule has 0 fully saturated rings. The van der Waals surface area contributed by atoms with Gasteiger partial charge < -0.3 is 0 Å². The van der Waals surface area contributed by atoms with E-state index in [0.29, 0.717) is 11.4 Å². The number of nitriles is 1. The fraction of sp³-hybridized carbons (Fsp3) is 0.0588. The molecule has 0 saturated carbocycles. The molecule has 23 heavy (non-hydrogen) atoms. The summed E-state index contributed by atoms with van der Waals surface area (Å²) >= 11 is 0. The number of nitro benzene ring substituents is 1. The minimum absolute atomic E-state index is 0.0123. The van der Waals surface area contributed by atoms with Crippen molar-refractivity contribution in [3.63, 3.8) is 0 Å². The minimum atomic E-state index is -0.450. The van der Waals surface area contributed by atoms with Gasteiger partial charge in [0.05, 0.1) is 16.3 Å². The van der Waals surface area contributed by atoms with Crippen molar-refractivity contribution in [1.82, 2.24) is 9.78 Å². The summed E-state index contributed by atoms with van der Waals surface area (Å²) in [7, 11) is 0. The molecule has 3 rings (SSSR count). The molecule has 0 bridgehead atoms. The van der Waals surface area contributed by atoms with E-state index in [4.69, 9.17) is 5.26 Å². The van der Waals surface area contributed by atoms with E-state index in [1.165, 1.54) is 12.1 Å². The summed E-state index contributed by atoms with van der Waals surface area (Å²) < 4.78 is 1.62. The summed E-state index contributed by atoms with van der Waals surface area (Å²) in [6, 6.07) is 17.7. The molecule has 2 aromatic carbocycles. The normalized spacial score (nSPS) is 10.3. The van der Waals surface area contributed by atoms with Crippen molar-refractivity contribution >= 4 is 5.69 Å². The van der Waals surface area contributed by atoms with Gasteiger partial charge >= 0.3 is 0 Å². The van der Waals surface area contributed by atoms with Crippen LogP contribution in [0.4, 0.5) is 5.69 Å². The van der Waals surface area contributed by atoms with Gasteiger partial charge in [0.2, 0.25) is 0 Å². The molecule has 1 heterocycles. The average molecular weight is 304 g/mol. The van der Waals surface area contributed by atoms with Crippen LogP contribution in [0, 0.1) is 28.4 Å². The van der Waals surface area contributed by atoms with E-state index in [9.17, 15) is 10.1 Å². The topological polar surface area (TPSA) is 84.8 Å². The third-order valence-corrected chi connectivity index (χ3v) is 3.48. The molecule has 6 nitrogen and oxygen atoms in total. The Morgan fingerprint density at radius 3 is 2.35 bits per heavy atom. The van der Waals surface area contributed by atoms with Crippen molar-refractivity contribution in [2.45, 2.75) is 6.92 Å². The van der Waals surface area contributed by atoms with Crippen molar-refractivity contribution in [2.24, 2.45) is 0 Å². The number of rotatable bonds is 3. The monoisotopic (exact) mass is 304 g/mol. The highest BCUT2D eigenvalue weighted by atomic mass is 16.6. The Bertz CT molecular complexity index is 903. The van der Waals surface area contributed by atoms with E-state index in [-0.39, 0.29) is 5.69 Å². The first-order chi connectivity index (χ1) is 11.1. The maximum atomic E-state index is 10.8. The van der Waals surface area contributed by atoms with Crippen LogP contribution in [0.1, 0.15) is 11.3 Å². The lowest BCUT2D eigenvalue weighted by atomic mass is 10.1. The lowest BCUT2D eigenvalue weighted by Gasteiger charge is -2.07. The molecule has 1 aromatic heterocycles. The molecular weight excluding hydrogens is 292 g/mol. The molecule has 0 aliphatic rings. The molecule has 0 atom stereocenters. The Balaban J connectivity index is 2.11. The second kappa shape index (κ2) is 5.73. The zero-order valence-corrected chi connectivity index (χ0v) is 12.3. The molecule has 0 aliphatic carbocycles. The lowest BCUT2D eigenvalue weighted by molar-refractivity contribution is -0.384. The molecular formula is C17H12N4O2. The standard InChI is InChI=1S/C17H12N4O2/c1-12-2-4-13(5-3-12)17-10-14(11-18)19-20(17)15-6-8-16(9-7-15)21(22)23/h2-10H,1H3. The molecule has 3 aromatic rings. The molecule has 0 radical (unpaired) electrons. The Kier molecular flexibility index (Phi) is 3.61. The third-order valence-electron chi connectivity index (χ3n) is 3.48. The van der Waals surface area contributed by atoms with Gasteiger partial charge in [0.1, 0.15) is 6.07 Å². The van der Waals surface area contributed by atoms with Gasteiger partial charge in [0, 0.05) is 23.8 Å². The fourth-order valence-corrected chi connectivity index (χ4v) is 2.28. The fourth-order valence-electron chi connectivity index (χ4n) is 2.28. The van der Waals surface area contributed by atoms with E-state index in [1.807, 2.05) is 37.3 Å². The maximum absolute atomic E-state index is 10.8. The SMILES string of the molecule is Cc1ccc(-c2cc(C#N)nn2-c2ccc([N+](=O)[O-])cc2)cc1. The predicted octanol–water partition coefficient (Wildman–Crippen LogP) is 3.63. The quantitative estimate of drug-likeness (QED) is 0.546. The highest BCUT2D eigenvalue weighted by molar-refractivity contribution is 5.64. The smallest absolute Gasteiger partial charge is 0.258 e. The molecule has 0 aliphatic heterocycles. The van der Waals surface area contributed by atoms with Gasteiger partial charge in [-0.3, -0.25) is 10.1 Å². The van der Waals surface area contributed by atoms with Crippen molar-refractivity contribution in [2.75, 3.05) is 0 Å². The summed E-state index contributed by atoms with van der Waals surface area (Å²) in [5.74, 6) is 0. The number of aryl methyl sites for hydroxylation is 1. The number of hydrogen-bond acceptors (Lipinski definition) is 4. The van der Waals surface area contributed by atoms with Crippen molar-refractivity contribution in [3.05, 3.63) is 76.0 Å². The molecule has 0 N–H and O–H groups in total. The molecule has 112 valence electrons. The predicted molar refractivity (Wildman–Crippen MR) is 85.1 cm³/mol. The molecule has 0 saturated heterocycles. The van der Waals surface area contributed by atoms with E-state index in [0.717, 1.165) is 16.8 Å². The summed E-state index contributed by atoms with van der Waals surface area (Å²) in [6.07, 6.45) is 0. The Morgan fingerprint density at radius 2 is 1.78 bits per heavy atom. The van der Waals surface area contributed by atoms with Crippen LogP contribution in [0.2, 0.25) is 0 Å². The van der Waals surface area contributed by atoms with E-state index in [2.05, 4.69) is 5.10 Å². The first-order valence-corrected chi connectivity index (χ1v) is 6.90. The maximum Gasteiger partial charge on any atom is 0.269 e. The number of hydrogen-bond donors (Lipinski definition) is 0. The third kappa shape index (κ3) is 2.80. The lowest BCUT2D eigenvalue weighted by Crippen LogP contribution is -1.99. The van der Waals surface area contributed by atoms with E-state index >= 15 is 0 Å². The first kappa shape index (κ1) is 14.5. The Labute approximate surface area is 132 Å². The second-order valence-corrected chi connectivity index (χ2v) is 5.08. The van der Waals surface area contributed by atoms with Gasteiger partial charge in [0.15, 0.2) is 5.69 Å². The van der Waals surface area contributed by atoms with E-state index in [1.54, 1.807) is 22.9 Å². The second-order valence-electron chi connectivity index (χ2n) is 5.08. The number of nitro groups is 1. The van der Waals surface area contributed by atoms with Crippen LogP contribution < -0.4 is 0 Å². The van der Waals surface area contributed by atoms with Crippen molar-refractivity contribution < 1.29 is 4.92 Å². The summed E-state index contributed by atoms with van der Waals surface area (Å²) in [5.41, 5.74) is 3.78. The van der Waals surface area contributed by atoms with Crippen LogP contribution in [0.3, 0.4) is 0 Å². The van der Waals surface area contributed by atoms with Crippen molar-refractivity contribution in [3.8, 4) is 23.0 Å². The van der Waals surface area contributed by atoms with Crippen LogP contribution >= 0.6 is 0 Å². The van der Waals surface area contributed by atoms with Gasteiger partial charge in [-0.05, 0) is 19.1 Å². The summed E-state index contributed by atoms with van der Waals surface area (Å²) in [4.78, 5) is 10.3. The molecule has 0 amide bonds. The average Bonchev–Trinajstić information content (AvgIpc) is 3.00. The summed E-state index contributed by atoms with van der Waals surface area (Å²) in [6.45, 7) is 2.00.